The number of benzene rings is 1. The molecule has 0 radical (unpaired) electrons. The molecule has 0 spiro atoms. The molecule has 2 aliphatic heterocycles. The minimum absolute atomic E-state index is 0.0196. The first kappa shape index (κ1) is 21.6. The summed E-state index contributed by atoms with van der Waals surface area (Å²) >= 11 is 6.14. The molecule has 0 atom stereocenters. The van der Waals surface area contributed by atoms with Gasteiger partial charge in [0.05, 0.1) is 5.02 Å². The molecule has 0 aliphatic carbocycles. The summed E-state index contributed by atoms with van der Waals surface area (Å²) < 4.78 is 27.0. The molecule has 1 amide bonds. The molecule has 2 fully saturated rings. The normalized spacial score (nSPS) is 19.8. The lowest BCUT2D eigenvalue weighted by atomic mass is 9.99. The molecule has 8 heteroatoms. The zero-order valence-electron chi connectivity index (χ0n) is 16.5. The van der Waals surface area contributed by atoms with Crippen molar-refractivity contribution in [3.63, 3.8) is 0 Å². The predicted octanol–water partition coefficient (Wildman–Crippen LogP) is 2.98. The molecule has 3 rings (SSSR count). The van der Waals surface area contributed by atoms with Gasteiger partial charge in [-0.3, -0.25) is 4.79 Å². The van der Waals surface area contributed by atoms with E-state index < -0.39 is 10.0 Å². The number of carbonyl (C=O) groups excluding carboxylic acids is 1. The van der Waals surface area contributed by atoms with Gasteiger partial charge in [0.2, 0.25) is 10.0 Å². The molecule has 0 bridgehead atoms. The highest BCUT2D eigenvalue weighted by Gasteiger charge is 2.29. The van der Waals surface area contributed by atoms with Gasteiger partial charge in [-0.25, -0.2) is 8.42 Å². The first-order chi connectivity index (χ1) is 13.4. The van der Waals surface area contributed by atoms with Crippen LogP contribution in [0, 0.1) is 5.92 Å². The largest absolute Gasteiger partial charge is 0.352 e. The number of hydrogen-bond acceptors (Lipinski definition) is 4. The molecule has 0 unspecified atom stereocenters. The smallest absolute Gasteiger partial charge is 0.251 e. The highest BCUT2D eigenvalue weighted by atomic mass is 35.5. The number of likely N-dealkylation sites (tertiary alicyclic amines) is 1. The van der Waals surface area contributed by atoms with Crippen molar-refractivity contribution in [3.8, 4) is 0 Å². The van der Waals surface area contributed by atoms with Crippen molar-refractivity contribution >= 4 is 27.5 Å². The number of halogens is 1. The Kier molecular flexibility index (Phi) is 7.36. The van der Waals surface area contributed by atoms with Crippen LogP contribution in [0.1, 0.15) is 49.4 Å². The summed E-state index contributed by atoms with van der Waals surface area (Å²) in [5.41, 5.74) is 0.328. The molecule has 28 heavy (non-hydrogen) atoms. The number of nitrogens with one attached hydrogen (secondary N) is 1. The van der Waals surface area contributed by atoms with Gasteiger partial charge in [0.25, 0.3) is 5.91 Å². The predicted molar refractivity (Wildman–Crippen MR) is 111 cm³/mol. The number of carbonyl (C=O) groups is 1. The zero-order chi connectivity index (χ0) is 20.1. The van der Waals surface area contributed by atoms with Crippen molar-refractivity contribution in [2.24, 2.45) is 5.92 Å². The highest BCUT2D eigenvalue weighted by molar-refractivity contribution is 7.89. The second kappa shape index (κ2) is 9.57. The van der Waals surface area contributed by atoms with E-state index in [1.807, 2.05) is 0 Å². The molecule has 2 heterocycles. The lowest BCUT2D eigenvalue weighted by Crippen LogP contribution is -2.35. The summed E-state index contributed by atoms with van der Waals surface area (Å²) in [5, 5.41) is 3.05. The molecule has 2 aliphatic rings. The molecule has 0 aromatic heterocycles. The third kappa shape index (κ3) is 5.26. The molecular formula is C20H30ClN3O3S. The average molecular weight is 428 g/mol. The van der Waals surface area contributed by atoms with E-state index in [2.05, 4.69) is 17.1 Å². The van der Waals surface area contributed by atoms with Crippen LogP contribution in [0.25, 0.3) is 0 Å². The quantitative estimate of drug-likeness (QED) is 0.679. The summed E-state index contributed by atoms with van der Waals surface area (Å²) in [5.74, 6) is 0.550. The van der Waals surface area contributed by atoms with E-state index in [0.717, 1.165) is 44.8 Å². The summed E-state index contributed by atoms with van der Waals surface area (Å²) in [6, 6.07) is 4.47. The Morgan fingerprint density at radius 1 is 1.18 bits per heavy atom. The average Bonchev–Trinajstić information content (AvgIpc) is 3.22. The molecule has 1 N–H and O–H groups in total. The maximum atomic E-state index is 12.8. The van der Waals surface area contributed by atoms with Gasteiger partial charge < -0.3 is 10.2 Å². The maximum Gasteiger partial charge on any atom is 0.251 e. The Labute approximate surface area is 173 Å². The highest BCUT2D eigenvalue weighted by Crippen LogP contribution is 2.28. The fourth-order valence-corrected chi connectivity index (χ4v) is 5.82. The van der Waals surface area contributed by atoms with Gasteiger partial charge in [0.1, 0.15) is 4.90 Å². The van der Waals surface area contributed by atoms with Crippen LogP contribution in [-0.4, -0.2) is 62.8 Å². The van der Waals surface area contributed by atoms with E-state index in [4.69, 9.17) is 11.6 Å². The van der Waals surface area contributed by atoms with Crippen LogP contribution in [0.3, 0.4) is 0 Å². The minimum atomic E-state index is -3.65. The van der Waals surface area contributed by atoms with E-state index in [9.17, 15) is 13.2 Å². The van der Waals surface area contributed by atoms with Crippen molar-refractivity contribution in [3.05, 3.63) is 28.8 Å². The van der Waals surface area contributed by atoms with Gasteiger partial charge in [-0.05, 0) is 75.9 Å². The van der Waals surface area contributed by atoms with Crippen LogP contribution >= 0.6 is 11.6 Å². The Balaban J connectivity index is 1.55. The third-order valence-electron chi connectivity index (χ3n) is 5.69. The lowest BCUT2D eigenvalue weighted by molar-refractivity contribution is 0.0950. The standard InChI is InChI=1S/C20H30ClN3O3S/c1-16-7-13-23(14-8-16)10-4-9-22-20(25)17-5-6-18(21)19(15-17)28(26,27)24-11-2-3-12-24/h5-6,15-16H,2-4,7-14H2,1H3,(H,22,25). The second-order valence-corrected chi connectivity index (χ2v) is 10.2. The third-order valence-corrected chi connectivity index (χ3v) is 8.07. The first-order valence-electron chi connectivity index (χ1n) is 10.2. The van der Waals surface area contributed by atoms with E-state index >= 15 is 0 Å². The van der Waals surface area contributed by atoms with Gasteiger partial charge in [0, 0.05) is 25.2 Å². The number of hydrogen-bond donors (Lipinski definition) is 1. The monoisotopic (exact) mass is 427 g/mol. The number of rotatable bonds is 7. The fourth-order valence-electron chi connectivity index (χ4n) is 3.80. The molecular weight excluding hydrogens is 398 g/mol. The summed E-state index contributed by atoms with van der Waals surface area (Å²) in [6.07, 6.45) is 5.07. The van der Waals surface area contributed by atoms with Crippen LogP contribution in [0.5, 0.6) is 0 Å². The first-order valence-corrected chi connectivity index (χ1v) is 12.0. The van der Waals surface area contributed by atoms with Crippen LogP contribution in [-0.2, 0) is 10.0 Å². The van der Waals surface area contributed by atoms with Crippen molar-refractivity contribution in [2.75, 3.05) is 39.3 Å². The van der Waals surface area contributed by atoms with E-state index in [0.29, 0.717) is 25.2 Å². The van der Waals surface area contributed by atoms with Crippen molar-refractivity contribution in [1.29, 1.82) is 0 Å². The number of nitrogens with zero attached hydrogens (tertiary/aromatic N) is 2. The maximum absolute atomic E-state index is 12.8. The van der Waals surface area contributed by atoms with E-state index in [-0.39, 0.29) is 15.8 Å². The van der Waals surface area contributed by atoms with Crippen LogP contribution in [0.15, 0.2) is 23.1 Å². The van der Waals surface area contributed by atoms with Crippen molar-refractivity contribution < 1.29 is 13.2 Å². The van der Waals surface area contributed by atoms with Gasteiger partial charge in [-0.2, -0.15) is 4.31 Å². The Hall–Kier alpha value is -1.15. The van der Waals surface area contributed by atoms with Gasteiger partial charge in [-0.15, -0.1) is 0 Å². The van der Waals surface area contributed by atoms with E-state index in [1.54, 1.807) is 6.07 Å². The molecule has 0 saturated carbocycles. The Bertz CT molecular complexity index is 786. The molecule has 156 valence electrons. The number of piperidine rings is 1. The van der Waals surface area contributed by atoms with E-state index in [1.165, 1.54) is 29.3 Å². The lowest BCUT2D eigenvalue weighted by Gasteiger charge is -2.30. The van der Waals surface area contributed by atoms with Crippen LogP contribution in [0.4, 0.5) is 0 Å². The summed E-state index contributed by atoms with van der Waals surface area (Å²) in [7, 11) is -3.65. The second-order valence-electron chi connectivity index (χ2n) is 7.89. The molecule has 6 nitrogen and oxygen atoms in total. The summed E-state index contributed by atoms with van der Waals surface area (Å²) in [6.45, 7) is 7.11. The topological polar surface area (TPSA) is 69.7 Å². The summed E-state index contributed by atoms with van der Waals surface area (Å²) in [4.78, 5) is 14.9. The number of amides is 1. The molecule has 2 saturated heterocycles. The Morgan fingerprint density at radius 2 is 1.86 bits per heavy atom. The van der Waals surface area contributed by atoms with Gasteiger partial charge in [-0.1, -0.05) is 18.5 Å². The van der Waals surface area contributed by atoms with Crippen LogP contribution < -0.4 is 5.32 Å². The molecule has 1 aromatic rings. The van der Waals surface area contributed by atoms with Crippen molar-refractivity contribution in [2.45, 2.75) is 43.9 Å². The minimum Gasteiger partial charge on any atom is -0.352 e. The Morgan fingerprint density at radius 3 is 2.54 bits per heavy atom. The zero-order valence-corrected chi connectivity index (χ0v) is 18.1. The van der Waals surface area contributed by atoms with Gasteiger partial charge >= 0.3 is 0 Å². The molecule has 1 aromatic carbocycles. The van der Waals surface area contributed by atoms with Crippen LogP contribution in [0.2, 0.25) is 5.02 Å². The number of sulfonamides is 1. The van der Waals surface area contributed by atoms with Gasteiger partial charge in [0.15, 0.2) is 0 Å². The van der Waals surface area contributed by atoms with Crippen molar-refractivity contribution in [1.82, 2.24) is 14.5 Å². The fraction of sp³-hybridized carbons (Fsp3) is 0.650. The SMILES string of the molecule is CC1CCN(CCCNC(=O)c2ccc(Cl)c(S(=O)(=O)N3CCCC3)c2)CC1.